The molecular formula is C20H25O. The van der Waals surface area contributed by atoms with Gasteiger partial charge >= 0.3 is 0 Å². The van der Waals surface area contributed by atoms with Gasteiger partial charge in [0.1, 0.15) is 0 Å². The second-order valence-electron chi connectivity index (χ2n) is 5.74. The molecule has 1 nitrogen and oxygen atoms in total. The third-order valence-corrected chi connectivity index (χ3v) is 3.96. The van der Waals surface area contributed by atoms with Crippen molar-refractivity contribution < 1.29 is 5.11 Å². The summed E-state index contributed by atoms with van der Waals surface area (Å²) in [7, 11) is 0. The average Bonchev–Trinajstić information content (AvgIpc) is 2.52. The van der Waals surface area contributed by atoms with Crippen molar-refractivity contribution in [3.63, 3.8) is 0 Å². The largest absolute Gasteiger partial charge is 0.290 e. The van der Waals surface area contributed by atoms with Crippen LogP contribution in [0.2, 0.25) is 0 Å². The first-order chi connectivity index (χ1) is 10.3. The highest BCUT2D eigenvalue weighted by atomic mass is 16.3. The monoisotopic (exact) mass is 281 g/mol. The van der Waals surface area contributed by atoms with Crippen LogP contribution in [0.4, 0.5) is 0 Å². The summed E-state index contributed by atoms with van der Waals surface area (Å²) in [6.07, 6.45) is 9.23. The number of hydrogen-bond donors (Lipinski definition) is 0. The molecule has 0 aliphatic carbocycles. The molecule has 0 fully saturated rings. The predicted molar refractivity (Wildman–Crippen MR) is 89.1 cm³/mol. The van der Waals surface area contributed by atoms with Crippen molar-refractivity contribution in [1.29, 1.82) is 0 Å². The molecule has 21 heavy (non-hydrogen) atoms. The Morgan fingerprint density at radius 3 is 1.81 bits per heavy atom. The maximum Gasteiger partial charge on any atom is 0.178 e. The number of unbranched alkanes of at least 4 members (excludes halogenated alkanes) is 5. The van der Waals surface area contributed by atoms with Crippen molar-refractivity contribution in [3.05, 3.63) is 54.1 Å². The minimum absolute atomic E-state index is 0.0680. The molecule has 0 aliphatic heterocycles. The number of aryl methyl sites for hydroxylation is 1. The minimum Gasteiger partial charge on any atom is -0.290 e. The third kappa shape index (κ3) is 5.26. The molecule has 0 amide bonds. The van der Waals surface area contributed by atoms with E-state index in [1.807, 2.05) is 12.1 Å². The van der Waals surface area contributed by atoms with E-state index in [0.717, 1.165) is 5.56 Å². The van der Waals surface area contributed by atoms with Gasteiger partial charge in [-0.1, -0.05) is 75.4 Å². The zero-order valence-electron chi connectivity index (χ0n) is 13.0. The van der Waals surface area contributed by atoms with Gasteiger partial charge in [-0.15, -0.1) is 0 Å². The third-order valence-electron chi connectivity index (χ3n) is 3.96. The van der Waals surface area contributed by atoms with Crippen LogP contribution in [-0.2, 0) is 11.5 Å². The molecule has 2 aromatic rings. The molecule has 0 bridgehead atoms. The van der Waals surface area contributed by atoms with Crippen LogP contribution in [0.1, 0.15) is 51.0 Å². The Balaban J connectivity index is 1.80. The van der Waals surface area contributed by atoms with E-state index in [0.29, 0.717) is 0 Å². The summed E-state index contributed by atoms with van der Waals surface area (Å²) in [5, 5.41) is 11.1. The van der Waals surface area contributed by atoms with Crippen LogP contribution in [-0.4, -0.2) is 0 Å². The lowest BCUT2D eigenvalue weighted by molar-refractivity contribution is 0.355. The molecule has 0 atom stereocenters. The molecule has 0 unspecified atom stereocenters. The van der Waals surface area contributed by atoms with Gasteiger partial charge in [0.15, 0.2) is 5.75 Å². The molecule has 1 heteroatoms. The molecule has 0 aliphatic rings. The van der Waals surface area contributed by atoms with Gasteiger partial charge in [0.05, 0.1) is 0 Å². The normalized spacial score (nSPS) is 10.7. The smallest absolute Gasteiger partial charge is 0.178 e. The van der Waals surface area contributed by atoms with E-state index in [1.165, 1.54) is 56.1 Å². The molecular weight excluding hydrogens is 256 g/mol. The zero-order chi connectivity index (χ0) is 14.9. The lowest BCUT2D eigenvalue weighted by Gasteiger charge is -2.05. The van der Waals surface area contributed by atoms with E-state index in [4.69, 9.17) is 0 Å². The maximum atomic E-state index is 11.1. The standard InChI is InChI=1S/C20H25O/c1-2-3-4-5-6-7-8-17-9-11-18(12-10-17)19-13-15-20(21)16-14-19/h9-16H,2-8H2,1H3. The highest BCUT2D eigenvalue weighted by Gasteiger charge is 1.99. The number of benzene rings is 2. The second kappa shape index (κ2) is 8.51. The Morgan fingerprint density at radius 1 is 0.667 bits per heavy atom. The lowest BCUT2D eigenvalue weighted by atomic mass is 10.0. The summed E-state index contributed by atoms with van der Waals surface area (Å²) >= 11 is 0. The summed E-state index contributed by atoms with van der Waals surface area (Å²) in [6.45, 7) is 2.26. The molecule has 0 saturated heterocycles. The van der Waals surface area contributed by atoms with Gasteiger partial charge in [-0.25, -0.2) is 0 Å². The lowest BCUT2D eigenvalue weighted by Crippen LogP contribution is -1.87. The van der Waals surface area contributed by atoms with E-state index >= 15 is 0 Å². The molecule has 2 rings (SSSR count). The average molecular weight is 281 g/mol. The summed E-state index contributed by atoms with van der Waals surface area (Å²) < 4.78 is 0. The van der Waals surface area contributed by atoms with Crippen molar-refractivity contribution in [2.75, 3.05) is 0 Å². The van der Waals surface area contributed by atoms with Crippen molar-refractivity contribution in [1.82, 2.24) is 0 Å². The van der Waals surface area contributed by atoms with Crippen molar-refractivity contribution in [2.24, 2.45) is 0 Å². The van der Waals surface area contributed by atoms with Gasteiger partial charge in [0.25, 0.3) is 0 Å². The Hall–Kier alpha value is -1.76. The second-order valence-corrected chi connectivity index (χ2v) is 5.74. The summed E-state index contributed by atoms with van der Waals surface area (Å²) in [5.74, 6) is 0.0680. The molecule has 1 radical (unpaired) electrons. The van der Waals surface area contributed by atoms with Crippen molar-refractivity contribution >= 4 is 0 Å². The Morgan fingerprint density at radius 2 is 1.19 bits per heavy atom. The van der Waals surface area contributed by atoms with Gasteiger partial charge in [0, 0.05) is 0 Å². The first-order valence-corrected chi connectivity index (χ1v) is 8.16. The van der Waals surface area contributed by atoms with Crippen LogP contribution < -0.4 is 0 Å². The summed E-state index contributed by atoms with van der Waals surface area (Å²) in [6, 6.07) is 15.8. The SMILES string of the molecule is CCCCCCCCc1ccc(-c2ccc([O])cc2)cc1. The van der Waals surface area contributed by atoms with E-state index in [2.05, 4.69) is 31.2 Å². The number of rotatable bonds is 8. The topological polar surface area (TPSA) is 19.9 Å². The molecule has 2 aromatic carbocycles. The Kier molecular flexibility index (Phi) is 6.33. The molecule has 0 heterocycles. The Labute approximate surface area is 128 Å². The van der Waals surface area contributed by atoms with Gasteiger partial charge in [-0.2, -0.15) is 0 Å². The van der Waals surface area contributed by atoms with E-state index in [-0.39, 0.29) is 5.75 Å². The zero-order valence-corrected chi connectivity index (χ0v) is 13.0. The molecule has 0 aromatic heterocycles. The van der Waals surface area contributed by atoms with E-state index in [9.17, 15) is 5.11 Å². The molecule has 0 saturated carbocycles. The fraction of sp³-hybridized carbons (Fsp3) is 0.400. The first kappa shape index (κ1) is 15.6. The van der Waals surface area contributed by atoms with Crippen LogP contribution in [0.3, 0.4) is 0 Å². The van der Waals surface area contributed by atoms with Gasteiger partial charge in [-0.05, 0) is 41.7 Å². The summed E-state index contributed by atoms with van der Waals surface area (Å²) in [4.78, 5) is 0. The first-order valence-electron chi connectivity index (χ1n) is 8.16. The van der Waals surface area contributed by atoms with Gasteiger partial charge in [-0.3, -0.25) is 5.11 Å². The quantitative estimate of drug-likeness (QED) is 0.499. The molecule has 0 N–H and O–H groups in total. The van der Waals surface area contributed by atoms with Crippen molar-refractivity contribution in [3.8, 4) is 16.9 Å². The highest BCUT2D eigenvalue weighted by Crippen LogP contribution is 2.23. The summed E-state index contributed by atoms with van der Waals surface area (Å²) in [5.41, 5.74) is 3.71. The Bertz CT molecular complexity index is 511. The minimum atomic E-state index is 0.0680. The predicted octanol–water partition coefficient (Wildman–Crippen LogP) is 6.40. The van der Waals surface area contributed by atoms with Crippen LogP contribution >= 0.6 is 0 Å². The maximum absolute atomic E-state index is 11.1. The van der Waals surface area contributed by atoms with Gasteiger partial charge in [0.2, 0.25) is 0 Å². The number of hydrogen-bond acceptors (Lipinski definition) is 0. The molecule has 0 spiro atoms. The highest BCUT2D eigenvalue weighted by molar-refractivity contribution is 5.64. The molecule has 111 valence electrons. The van der Waals surface area contributed by atoms with Crippen molar-refractivity contribution in [2.45, 2.75) is 51.9 Å². The van der Waals surface area contributed by atoms with E-state index in [1.54, 1.807) is 12.1 Å². The van der Waals surface area contributed by atoms with E-state index < -0.39 is 0 Å². The van der Waals surface area contributed by atoms with Crippen LogP contribution in [0.15, 0.2) is 48.5 Å². The van der Waals surface area contributed by atoms with Crippen LogP contribution in [0.25, 0.3) is 11.1 Å². The fourth-order valence-electron chi connectivity index (χ4n) is 2.62. The van der Waals surface area contributed by atoms with Gasteiger partial charge < -0.3 is 0 Å². The van der Waals surface area contributed by atoms with Crippen LogP contribution in [0, 0.1) is 0 Å². The van der Waals surface area contributed by atoms with Crippen LogP contribution in [0.5, 0.6) is 5.75 Å². The fourth-order valence-corrected chi connectivity index (χ4v) is 2.62.